The minimum Gasteiger partial charge on any atom is -0.493 e. The number of carbonyl (C=O) groups excluding carboxylic acids is 1. The second kappa shape index (κ2) is 9.59. The van der Waals surface area contributed by atoms with E-state index in [0.29, 0.717) is 30.0 Å². The molecule has 3 aromatic carbocycles. The van der Waals surface area contributed by atoms with Crippen molar-refractivity contribution in [2.75, 3.05) is 24.9 Å². The molecule has 3 aromatic rings. The van der Waals surface area contributed by atoms with Crippen LogP contribution in [0.5, 0.6) is 11.5 Å². The zero-order chi connectivity index (χ0) is 20.6. The summed E-state index contributed by atoms with van der Waals surface area (Å²) < 4.78 is 23.5. The number of carbonyl (C=O) groups is 1. The fourth-order valence-electron chi connectivity index (χ4n) is 2.85. The first-order valence-corrected chi connectivity index (χ1v) is 9.21. The molecule has 0 radical (unpaired) electrons. The summed E-state index contributed by atoms with van der Waals surface area (Å²) in [6.45, 7) is 0. The topological polar surface area (TPSA) is 59.6 Å². The summed E-state index contributed by atoms with van der Waals surface area (Å²) in [4.78, 5) is 12.3. The third-order valence-corrected chi connectivity index (χ3v) is 4.39. The van der Waals surface area contributed by atoms with Gasteiger partial charge in [0, 0.05) is 23.5 Å². The Hall–Kier alpha value is -3.54. The highest BCUT2D eigenvalue weighted by atomic mass is 19.1. The predicted molar refractivity (Wildman–Crippen MR) is 113 cm³/mol. The second-order valence-electron chi connectivity index (χ2n) is 6.45. The second-order valence-corrected chi connectivity index (χ2v) is 6.45. The molecule has 6 heteroatoms. The maximum atomic E-state index is 13.0. The van der Waals surface area contributed by atoms with Crippen LogP contribution in [0.3, 0.4) is 0 Å². The molecule has 2 N–H and O–H groups in total. The zero-order valence-corrected chi connectivity index (χ0v) is 16.4. The minimum atomic E-state index is -0.276. The molecule has 0 unspecified atom stereocenters. The first-order valence-electron chi connectivity index (χ1n) is 9.21. The number of methoxy groups -OCH3 is 2. The number of hydrogen-bond donors (Lipinski definition) is 2. The third kappa shape index (κ3) is 5.72. The Balaban J connectivity index is 1.52. The van der Waals surface area contributed by atoms with Gasteiger partial charge in [0.25, 0.3) is 0 Å². The summed E-state index contributed by atoms with van der Waals surface area (Å²) in [6, 6.07) is 19.1. The van der Waals surface area contributed by atoms with Crippen molar-refractivity contribution in [1.82, 2.24) is 0 Å². The molecule has 0 spiro atoms. The van der Waals surface area contributed by atoms with Crippen LogP contribution in [-0.4, -0.2) is 20.1 Å². The number of halogens is 1. The van der Waals surface area contributed by atoms with Crippen molar-refractivity contribution in [3.05, 3.63) is 78.1 Å². The molecule has 0 aliphatic carbocycles. The fourth-order valence-corrected chi connectivity index (χ4v) is 2.85. The van der Waals surface area contributed by atoms with E-state index >= 15 is 0 Å². The van der Waals surface area contributed by atoms with E-state index in [1.54, 1.807) is 26.4 Å². The number of hydrogen-bond acceptors (Lipinski definition) is 4. The van der Waals surface area contributed by atoms with Crippen molar-refractivity contribution >= 4 is 23.0 Å². The quantitative estimate of drug-likeness (QED) is 0.554. The number of benzene rings is 3. The van der Waals surface area contributed by atoms with Crippen LogP contribution in [0.1, 0.15) is 12.0 Å². The van der Waals surface area contributed by atoms with Crippen molar-refractivity contribution in [3.8, 4) is 11.5 Å². The Labute approximate surface area is 169 Å². The van der Waals surface area contributed by atoms with Gasteiger partial charge in [0.2, 0.25) is 5.91 Å². The predicted octanol–water partition coefficient (Wildman–Crippen LogP) is 5.16. The molecule has 29 heavy (non-hydrogen) atoms. The van der Waals surface area contributed by atoms with Gasteiger partial charge in [0.15, 0.2) is 11.5 Å². The maximum Gasteiger partial charge on any atom is 0.224 e. The minimum absolute atomic E-state index is 0.0703. The van der Waals surface area contributed by atoms with E-state index in [1.807, 2.05) is 42.5 Å². The molecule has 5 nitrogen and oxygen atoms in total. The first-order chi connectivity index (χ1) is 14.1. The van der Waals surface area contributed by atoms with Gasteiger partial charge in [-0.15, -0.1) is 0 Å². The van der Waals surface area contributed by atoms with Gasteiger partial charge in [0.05, 0.1) is 14.2 Å². The Morgan fingerprint density at radius 3 is 2.03 bits per heavy atom. The molecular weight excluding hydrogens is 371 g/mol. The van der Waals surface area contributed by atoms with E-state index in [9.17, 15) is 9.18 Å². The number of rotatable bonds is 8. The van der Waals surface area contributed by atoms with E-state index in [-0.39, 0.29) is 11.7 Å². The normalized spacial score (nSPS) is 10.3. The van der Waals surface area contributed by atoms with Gasteiger partial charge >= 0.3 is 0 Å². The van der Waals surface area contributed by atoms with Gasteiger partial charge in [-0.1, -0.05) is 6.07 Å². The molecule has 1 amide bonds. The first kappa shape index (κ1) is 20.2. The summed E-state index contributed by atoms with van der Waals surface area (Å²) in [5.41, 5.74) is 3.35. The van der Waals surface area contributed by atoms with E-state index < -0.39 is 0 Å². The van der Waals surface area contributed by atoms with Gasteiger partial charge in [-0.2, -0.15) is 0 Å². The standard InChI is InChI=1S/C23H23FN2O3/c1-28-21-13-3-16(15-22(21)29-2)4-14-23(27)26-20-11-9-19(10-12-20)25-18-7-5-17(24)6-8-18/h3,5-13,15,25H,4,14H2,1-2H3,(H,26,27). The summed E-state index contributed by atoms with van der Waals surface area (Å²) in [5.74, 6) is 0.963. The van der Waals surface area contributed by atoms with Crippen LogP contribution in [0.15, 0.2) is 66.7 Å². The molecule has 3 rings (SSSR count). The van der Waals surface area contributed by atoms with E-state index in [0.717, 1.165) is 16.9 Å². The highest BCUT2D eigenvalue weighted by Gasteiger charge is 2.07. The SMILES string of the molecule is COc1ccc(CCC(=O)Nc2ccc(Nc3ccc(F)cc3)cc2)cc1OC. The lowest BCUT2D eigenvalue weighted by molar-refractivity contribution is -0.116. The Morgan fingerprint density at radius 1 is 0.828 bits per heavy atom. The van der Waals surface area contributed by atoms with Gasteiger partial charge < -0.3 is 20.1 Å². The molecule has 0 heterocycles. The average molecular weight is 394 g/mol. The maximum absolute atomic E-state index is 13.0. The van der Waals surface area contributed by atoms with E-state index in [2.05, 4.69) is 10.6 Å². The van der Waals surface area contributed by atoms with Crippen LogP contribution in [-0.2, 0) is 11.2 Å². The molecular formula is C23H23FN2O3. The number of ether oxygens (including phenoxy) is 2. The van der Waals surface area contributed by atoms with Crippen molar-refractivity contribution in [1.29, 1.82) is 0 Å². The van der Waals surface area contributed by atoms with Crippen LogP contribution in [0.2, 0.25) is 0 Å². The van der Waals surface area contributed by atoms with Gasteiger partial charge in [-0.25, -0.2) is 4.39 Å². The molecule has 0 aliphatic heterocycles. The van der Waals surface area contributed by atoms with Crippen molar-refractivity contribution in [3.63, 3.8) is 0 Å². The number of nitrogens with one attached hydrogen (secondary N) is 2. The lowest BCUT2D eigenvalue weighted by Gasteiger charge is -2.10. The summed E-state index contributed by atoms with van der Waals surface area (Å²) >= 11 is 0. The van der Waals surface area contributed by atoms with Crippen LogP contribution >= 0.6 is 0 Å². The van der Waals surface area contributed by atoms with Crippen molar-refractivity contribution < 1.29 is 18.7 Å². The molecule has 0 aliphatic rings. The summed E-state index contributed by atoms with van der Waals surface area (Å²) in [7, 11) is 3.17. The molecule has 0 atom stereocenters. The lowest BCUT2D eigenvalue weighted by atomic mass is 10.1. The van der Waals surface area contributed by atoms with Crippen molar-refractivity contribution in [2.45, 2.75) is 12.8 Å². The largest absolute Gasteiger partial charge is 0.493 e. The Morgan fingerprint density at radius 2 is 1.41 bits per heavy atom. The fraction of sp³-hybridized carbons (Fsp3) is 0.174. The van der Waals surface area contributed by atoms with E-state index in [4.69, 9.17) is 9.47 Å². The zero-order valence-electron chi connectivity index (χ0n) is 16.4. The molecule has 0 aromatic heterocycles. The van der Waals surface area contributed by atoms with Gasteiger partial charge in [-0.05, 0) is 72.6 Å². The number of anilines is 3. The van der Waals surface area contributed by atoms with Crippen LogP contribution in [0.4, 0.5) is 21.5 Å². The Kier molecular flexibility index (Phi) is 6.68. The number of aryl methyl sites for hydroxylation is 1. The van der Waals surface area contributed by atoms with Gasteiger partial charge in [-0.3, -0.25) is 4.79 Å². The third-order valence-electron chi connectivity index (χ3n) is 4.39. The lowest BCUT2D eigenvalue weighted by Crippen LogP contribution is -2.12. The van der Waals surface area contributed by atoms with Gasteiger partial charge in [0.1, 0.15) is 5.82 Å². The summed E-state index contributed by atoms with van der Waals surface area (Å²) in [6.07, 6.45) is 0.946. The van der Waals surface area contributed by atoms with Crippen molar-refractivity contribution in [2.24, 2.45) is 0 Å². The van der Waals surface area contributed by atoms with Crippen LogP contribution in [0.25, 0.3) is 0 Å². The van der Waals surface area contributed by atoms with Crippen LogP contribution in [0, 0.1) is 5.82 Å². The molecule has 0 saturated heterocycles. The monoisotopic (exact) mass is 394 g/mol. The number of amides is 1. The Bertz CT molecular complexity index is 957. The molecule has 0 bridgehead atoms. The average Bonchev–Trinajstić information content (AvgIpc) is 2.75. The highest BCUT2D eigenvalue weighted by molar-refractivity contribution is 5.91. The van der Waals surface area contributed by atoms with E-state index in [1.165, 1.54) is 12.1 Å². The molecule has 0 fully saturated rings. The molecule has 150 valence electrons. The smallest absolute Gasteiger partial charge is 0.224 e. The highest BCUT2D eigenvalue weighted by Crippen LogP contribution is 2.28. The van der Waals surface area contributed by atoms with Crippen LogP contribution < -0.4 is 20.1 Å². The molecule has 0 saturated carbocycles. The summed E-state index contributed by atoms with van der Waals surface area (Å²) in [5, 5.41) is 6.07.